The first-order valence-electron chi connectivity index (χ1n) is 10.3. The van der Waals surface area contributed by atoms with Gasteiger partial charge in [-0.3, -0.25) is 9.59 Å². The van der Waals surface area contributed by atoms with Gasteiger partial charge in [0.2, 0.25) is 11.9 Å². The first-order chi connectivity index (χ1) is 16.4. The highest BCUT2D eigenvalue weighted by Crippen LogP contribution is 2.40. The van der Waals surface area contributed by atoms with Crippen LogP contribution < -0.4 is 15.2 Å². The van der Waals surface area contributed by atoms with Gasteiger partial charge in [0.05, 0.1) is 12.2 Å². The molecular formula is C19H18F6N6O4. The van der Waals surface area contributed by atoms with Crippen LogP contribution in [0.4, 0.5) is 32.3 Å². The van der Waals surface area contributed by atoms with Crippen LogP contribution >= 0.6 is 0 Å². The third-order valence-corrected chi connectivity index (χ3v) is 5.47. The second kappa shape index (κ2) is 9.31. The molecule has 190 valence electrons. The van der Waals surface area contributed by atoms with E-state index < -0.39 is 53.4 Å². The number of carbonyl (C=O) groups excluding carboxylic acids is 1. The zero-order chi connectivity index (χ0) is 25.4. The molecule has 35 heavy (non-hydrogen) atoms. The summed E-state index contributed by atoms with van der Waals surface area (Å²) in [6.45, 7) is 0.320. The molecular weight excluding hydrogens is 490 g/mol. The number of aromatic amines is 1. The average molecular weight is 508 g/mol. The molecule has 2 aromatic rings. The monoisotopic (exact) mass is 508 g/mol. The van der Waals surface area contributed by atoms with E-state index in [1.165, 1.54) is 4.90 Å². The van der Waals surface area contributed by atoms with E-state index in [0.717, 1.165) is 0 Å². The number of hydrogen-bond acceptors (Lipinski definition) is 8. The van der Waals surface area contributed by atoms with Crippen molar-refractivity contribution in [3.63, 3.8) is 0 Å². The predicted molar refractivity (Wildman–Crippen MR) is 104 cm³/mol. The van der Waals surface area contributed by atoms with Gasteiger partial charge in [0.1, 0.15) is 18.4 Å². The van der Waals surface area contributed by atoms with Crippen LogP contribution in [0.3, 0.4) is 0 Å². The summed E-state index contributed by atoms with van der Waals surface area (Å²) in [5.41, 5.74) is -4.17. The predicted octanol–water partition coefficient (Wildman–Crippen LogP) is 1.79. The number of H-pyrrole nitrogens is 1. The minimum absolute atomic E-state index is 0.0979. The summed E-state index contributed by atoms with van der Waals surface area (Å²) < 4.78 is 88.3. The number of nitrogens with one attached hydrogen (secondary N) is 1. The molecule has 1 atom stereocenters. The number of ether oxygens (including phenoxy) is 2. The molecule has 2 aliphatic rings. The molecule has 2 aromatic heterocycles. The number of alkyl halides is 6. The molecule has 16 heteroatoms. The Hall–Kier alpha value is -3.43. The van der Waals surface area contributed by atoms with E-state index in [1.54, 1.807) is 10.00 Å². The first kappa shape index (κ1) is 24.7. The molecule has 0 aliphatic carbocycles. The second-order valence-corrected chi connectivity index (χ2v) is 7.71. The molecule has 0 saturated carbocycles. The minimum Gasteiger partial charge on any atom is -0.491 e. The average Bonchev–Trinajstić information content (AvgIpc) is 2.81. The van der Waals surface area contributed by atoms with Crippen molar-refractivity contribution in [2.24, 2.45) is 0 Å². The van der Waals surface area contributed by atoms with Gasteiger partial charge in [-0.05, 0) is 0 Å². The molecule has 0 spiro atoms. The lowest BCUT2D eigenvalue weighted by molar-refractivity contribution is -0.143. The summed E-state index contributed by atoms with van der Waals surface area (Å²) in [6, 6.07) is 0. The van der Waals surface area contributed by atoms with Crippen LogP contribution in [-0.2, 0) is 21.9 Å². The Labute approximate surface area is 192 Å². The fraction of sp³-hybridized carbons (Fsp3) is 0.526. The number of rotatable bonds is 4. The lowest BCUT2D eigenvalue weighted by Crippen LogP contribution is -2.50. The highest BCUT2D eigenvalue weighted by atomic mass is 19.4. The lowest BCUT2D eigenvalue weighted by Gasteiger charge is -2.35. The number of amides is 1. The molecule has 0 bridgehead atoms. The Morgan fingerprint density at radius 2 is 1.74 bits per heavy atom. The smallest absolute Gasteiger partial charge is 0.425 e. The topological polar surface area (TPSA) is 114 Å². The van der Waals surface area contributed by atoms with Crippen molar-refractivity contribution in [3.8, 4) is 5.75 Å². The summed E-state index contributed by atoms with van der Waals surface area (Å²) >= 11 is 0. The van der Waals surface area contributed by atoms with Gasteiger partial charge in [-0.1, -0.05) is 0 Å². The van der Waals surface area contributed by atoms with E-state index in [9.17, 15) is 35.9 Å². The maximum atomic E-state index is 13.3. The number of nitrogens with zero attached hydrogens (tertiary/aromatic N) is 5. The largest absolute Gasteiger partial charge is 0.491 e. The molecule has 1 fully saturated rings. The minimum atomic E-state index is -4.96. The van der Waals surface area contributed by atoms with Gasteiger partial charge in [-0.15, -0.1) is 0 Å². The van der Waals surface area contributed by atoms with Gasteiger partial charge in [-0.2, -0.15) is 31.4 Å². The molecule has 10 nitrogen and oxygen atoms in total. The van der Waals surface area contributed by atoms with E-state index in [1.807, 2.05) is 0 Å². The normalized spacial score (nSPS) is 18.7. The van der Waals surface area contributed by atoms with E-state index in [0.29, 0.717) is 12.4 Å². The second-order valence-electron chi connectivity index (χ2n) is 7.71. The maximum absolute atomic E-state index is 13.3. The Morgan fingerprint density at radius 3 is 2.34 bits per heavy atom. The van der Waals surface area contributed by atoms with Gasteiger partial charge in [0.15, 0.2) is 11.3 Å². The molecule has 4 heterocycles. The Balaban J connectivity index is 1.34. The maximum Gasteiger partial charge on any atom is 0.425 e. The number of carbonyl (C=O) groups is 1. The molecule has 0 aromatic carbocycles. The van der Waals surface area contributed by atoms with Crippen molar-refractivity contribution in [1.82, 2.24) is 25.1 Å². The van der Waals surface area contributed by atoms with Gasteiger partial charge in [0.25, 0.3) is 5.56 Å². The van der Waals surface area contributed by atoms with Crippen molar-refractivity contribution in [3.05, 3.63) is 39.6 Å². The molecule has 1 N–H and O–H groups in total. The third-order valence-electron chi connectivity index (χ3n) is 5.47. The quantitative estimate of drug-likeness (QED) is 0.623. The Kier molecular flexibility index (Phi) is 6.57. The number of hydrogen-bond donors (Lipinski definition) is 1. The van der Waals surface area contributed by atoms with E-state index in [4.69, 9.17) is 9.47 Å². The van der Waals surface area contributed by atoms with Crippen LogP contribution in [-0.4, -0.2) is 70.4 Å². The van der Waals surface area contributed by atoms with E-state index in [2.05, 4.69) is 15.1 Å². The van der Waals surface area contributed by atoms with Crippen molar-refractivity contribution < 1.29 is 40.6 Å². The first-order valence-corrected chi connectivity index (χ1v) is 10.3. The summed E-state index contributed by atoms with van der Waals surface area (Å²) in [6.07, 6.45) is -9.02. The van der Waals surface area contributed by atoms with Crippen molar-refractivity contribution in [2.75, 3.05) is 44.3 Å². The third kappa shape index (κ3) is 5.31. The number of aromatic nitrogens is 4. The lowest BCUT2D eigenvalue weighted by atomic mass is 10.1. The highest BCUT2D eigenvalue weighted by Gasteiger charge is 2.42. The van der Waals surface area contributed by atoms with E-state index >= 15 is 0 Å². The van der Waals surface area contributed by atoms with Crippen LogP contribution in [0.5, 0.6) is 5.75 Å². The molecule has 1 saturated heterocycles. The Bertz CT molecular complexity index is 1130. The number of piperazine rings is 1. The van der Waals surface area contributed by atoms with E-state index in [-0.39, 0.29) is 50.8 Å². The summed E-state index contributed by atoms with van der Waals surface area (Å²) in [5, 5.41) is 5.41. The highest BCUT2D eigenvalue weighted by molar-refractivity contribution is 5.77. The van der Waals surface area contributed by atoms with Gasteiger partial charge < -0.3 is 19.3 Å². The van der Waals surface area contributed by atoms with Crippen molar-refractivity contribution in [2.45, 2.75) is 24.9 Å². The summed E-state index contributed by atoms with van der Waals surface area (Å²) in [4.78, 5) is 34.7. The van der Waals surface area contributed by atoms with Crippen LogP contribution in [0.2, 0.25) is 0 Å². The Morgan fingerprint density at radius 1 is 1.09 bits per heavy atom. The number of fused-ring (bicyclic) bond motifs is 1. The zero-order valence-electron chi connectivity index (χ0n) is 17.8. The molecule has 0 radical (unpaired) electrons. The standard InChI is InChI=1S/C19H18F6N6O4/c20-18(21,22)10-7-26-17(27-8-10)31-4-2-30(3-5-31)12(32)9-35-11-1-6-34-15-13(19(23,24)25)16(33)29-28-14(11)15/h7-8,11H,1-6,9H2,(H,29,33). The molecule has 4 rings (SSSR count). The van der Waals surface area contributed by atoms with Crippen molar-refractivity contribution >= 4 is 11.9 Å². The number of anilines is 1. The fourth-order valence-electron chi connectivity index (χ4n) is 3.69. The summed E-state index contributed by atoms with van der Waals surface area (Å²) in [5.74, 6) is -1.05. The fourth-order valence-corrected chi connectivity index (χ4v) is 3.69. The summed E-state index contributed by atoms with van der Waals surface area (Å²) in [7, 11) is 0. The van der Waals surface area contributed by atoms with Crippen LogP contribution in [0, 0.1) is 0 Å². The van der Waals surface area contributed by atoms with Crippen LogP contribution in [0.15, 0.2) is 17.2 Å². The molecule has 2 aliphatic heterocycles. The zero-order valence-corrected chi connectivity index (χ0v) is 17.8. The van der Waals surface area contributed by atoms with Gasteiger partial charge in [0, 0.05) is 45.0 Å². The van der Waals surface area contributed by atoms with Crippen LogP contribution in [0.1, 0.15) is 29.3 Å². The van der Waals surface area contributed by atoms with Crippen LogP contribution in [0.25, 0.3) is 0 Å². The van der Waals surface area contributed by atoms with Gasteiger partial charge >= 0.3 is 12.4 Å². The SMILES string of the molecule is O=C(COC1CCOc2c1n[nH]c(=O)c2C(F)(F)F)N1CCN(c2ncc(C(F)(F)F)cn2)CC1. The van der Waals surface area contributed by atoms with Gasteiger partial charge in [-0.25, -0.2) is 15.1 Å². The van der Waals surface area contributed by atoms with Crippen molar-refractivity contribution in [1.29, 1.82) is 0 Å². The molecule has 1 unspecified atom stereocenters. The number of halogens is 6. The molecule has 1 amide bonds.